The molecule has 0 amide bonds. The number of ether oxygens (including phenoxy) is 1. The Morgan fingerprint density at radius 2 is 1.68 bits per heavy atom. The molecule has 0 aliphatic rings. The number of para-hydroxylation sites is 2. The average Bonchev–Trinajstić information content (AvgIpc) is 3.44. The highest BCUT2D eigenvalue weighted by atomic mass is 35.5. The van der Waals surface area contributed by atoms with Crippen molar-refractivity contribution >= 4 is 34.2 Å². The van der Waals surface area contributed by atoms with Crippen LogP contribution in [0, 0.1) is 11.3 Å². The molecule has 198 valence electrons. The number of hydrogen-bond donors (Lipinski definition) is 1. The molecule has 7 nitrogen and oxygen atoms in total. The molecule has 41 heavy (non-hydrogen) atoms. The van der Waals surface area contributed by atoms with Gasteiger partial charge in [-0.1, -0.05) is 60.1 Å². The van der Waals surface area contributed by atoms with Crippen molar-refractivity contribution in [2.75, 3.05) is 0 Å². The zero-order valence-electron chi connectivity index (χ0n) is 21.7. The smallest absolute Gasteiger partial charge is 0.259 e. The minimum atomic E-state index is -0.306. The molecule has 0 bridgehead atoms. The van der Waals surface area contributed by atoms with E-state index in [0.29, 0.717) is 39.5 Å². The predicted molar refractivity (Wildman–Crippen MR) is 161 cm³/mol. The van der Waals surface area contributed by atoms with Crippen molar-refractivity contribution in [3.8, 4) is 28.8 Å². The van der Waals surface area contributed by atoms with Gasteiger partial charge in [0, 0.05) is 27.9 Å². The number of aromatic amines is 1. The van der Waals surface area contributed by atoms with E-state index in [1.807, 2.05) is 85.1 Å². The minimum absolute atomic E-state index is 0.193. The van der Waals surface area contributed by atoms with Crippen molar-refractivity contribution in [1.29, 1.82) is 5.26 Å². The molecular formula is C33H22ClN5O2. The van der Waals surface area contributed by atoms with E-state index in [-0.39, 0.29) is 17.0 Å². The molecule has 6 rings (SSSR count). The Morgan fingerprint density at radius 3 is 2.46 bits per heavy atom. The lowest BCUT2D eigenvalue weighted by molar-refractivity contribution is 0.306. The predicted octanol–water partition coefficient (Wildman–Crippen LogP) is 7.07. The van der Waals surface area contributed by atoms with E-state index in [2.05, 4.69) is 16.0 Å². The Balaban J connectivity index is 1.38. The number of rotatable bonds is 7. The second-order valence-corrected chi connectivity index (χ2v) is 9.63. The van der Waals surface area contributed by atoms with Crippen molar-refractivity contribution in [3.63, 3.8) is 0 Å². The van der Waals surface area contributed by atoms with Crippen molar-refractivity contribution in [2.45, 2.75) is 6.61 Å². The van der Waals surface area contributed by atoms with Gasteiger partial charge in [0.25, 0.3) is 5.56 Å². The van der Waals surface area contributed by atoms with Crippen molar-refractivity contribution in [3.05, 3.63) is 142 Å². The summed E-state index contributed by atoms with van der Waals surface area (Å²) in [6, 6.07) is 34.0. The fourth-order valence-electron chi connectivity index (χ4n) is 4.44. The number of allylic oxidation sites excluding steroid dienone is 1. The van der Waals surface area contributed by atoms with E-state index in [1.165, 1.54) is 0 Å². The van der Waals surface area contributed by atoms with Crippen LogP contribution in [0.5, 0.6) is 5.75 Å². The molecule has 0 aliphatic heterocycles. The third kappa shape index (κ3) is 5.50. The first-order chi connectivity index (χ1) is 20.1. The first-order valence-corrected chi connectivity index (χ1v) is 13.2. The van der Waals surface area contributed by atoms with Crippen LogP contribution in [0.25, 0.3) is 39.5 Å². The summed E-state index contributed by atoms with van der Waals surface area (Å²) in [6.07, 6.45) is 3.54. The molecule has 0 aliphatic carbocycles. The van der Waals surface area contributed by atoms with E-state index in [9.17, 15) is 10.1 Å². The van der Waals surface area contributed by atoms with Gasteiger partial charge in [-0.15, -0.1) is 0 Å². The maximum atomic E-state index is 12.7. The van der Waals surface area contributed by atoms with Crippen LogP contribution in [0.1, 0.15) is 17.0 Å². The van der Waals surface area contributed by atoms with Crippen LogP contribution in [-0.2, 0) is 6.61 Å². The topological polar surface area (TPSA) is 96.6 Å². The van der Waals surface area contributed by atoms with Gasteiger partial charge >= 0.3 is 0 Å². The van der Waals surface area contributed by atoms with Gasteiger partial charge in [-0.05, 0) is 60.7 Å². The second kappa shape index (κ2) is 11.3. The number of H-pyrrole nitrogens is 1. The highest BCUT2D eigenvalue weighted by Crippen LogP contribution is 2.29. The molecule has 0 fully saturated rings. The molecule has 2 heterocycles. The van der Waals surface area contributed by atoms with Crippen LogP contribution >= 0.6 is 11.6 Å². The summed E-state index contributed by atoms with van der Waals surface area (Å²) in [4.78, 5) is 20.0. The molecule has 0 unspecified atom stereocenters. The van der Waals surface area contributed by atoms with E-state index in [4.69, 9.17) is 21.4 Å². The average molecular weight is 556 g/mol. The summed E-state index contributed by atoms with van der Waals surface area (Å²) >= 11 is 6.26. The molecule has 2 aromatic heterocycles. The van der Waals surface area contributed by atoms with Crippen LogP contribution in [-0.4, -0.2) is 19.7 Å². The fraction of sp³-hybridized carbons (Fsp3) is 0.0303. The van der Waals surface area contributed by atoms with E-state index in [0.717, 1.165) is 16.8 Å². The highest BCUT2D eigenvalue weighted by molar-refractivity contribution is 6.31. The Hall–Kier alpha value is -5.45. The third-order valence-corrected chi connectivity index (χ3v) is 6.90. The second-order valence-electron chi connectivity index (χ2n) is 9.22. The molecule has 0 spiro atoms. The molecule has 0 saturated carbocycles. The zero-order chi connectivity index (χ0) is 28.2. The van der Waals surface area contributed by atoms with Gasteiger partial charge in [0.05, 0.1) is 27.9 Å². The highest BCUT2D eigenvalue weighted by Gasteiger charge is 2.15. The molecule has 8 heteroatoms. The monoisotopic (exact) mass is 555 g/mol. The maximum Gasteiger partial charge on any atom is 0.259 e. The number of nitrogens with zero attached hydrogens (tertiary/aromatic N) is 4. The third-order valence-electron chi connectivity index (χ3n) is 6.53. The minimum Gasteiger partial charge on any atom is -0.489 e. The summed E-state index contributed by atoms with van der Waals surface area (Å²) in [5.74, 6) is 0.877. The molecule has 0 saturated heterocycles. The number of benzene rings is 4. The number of fused-ring (bicyclic) bond motifs is 1. The molecule has 4 aromatic carbocycles. The van der Waals surface area contributed by atoms with Gasteiger partial charge in [0.2, 0.25) is 0 Å². The molecular weight excluding hydrogens is 534 g/mol. The maximum absolute atomic E-state index is 12.7. The first kappa shape index (κ1) is 25.8. The van der Waals surface area contributed by atoms with Crippen LogP contribution < -0.4 is 10.3 Å². The molecule has 0 radical (unpaired) electrons. The van der Waals surface area contributed by atoms with Gasteiger partial charge < -0.3 is 9.72 Å². The van der Waals surface area contributed by atoms with Gasteiger partial charge in [0.15, 0.2) is 5.82 Å². The fourth-order valence-corrected chi connectivity index (χ4v) is 4.63. The normalized spacial score (nSPS) is 11.4. The zero-order valence-corrected chi connectivity index (χ0v) is 22.4. The van der Waals surface area contributed by atoms with Gasteiger partial charge in [-0.25, -0.2) is 9.67 Å². The van der Waals surface area contributed by atoms with Gasteiger partial charge in [0.1, 0.15) is 18.4 Å². The summed E-state index contributed by atoms with van der Waals surface area (Å²) in [7, 11) is 0. The quantitative estimate of drug-likeness (QED) is 0.212. The Labute approximate surface area is 240 Å². The number of nitriles is 1. The van der Waals surface area contributed by atoms with Crippen LogP contribution in [0.4, 0.5) is 0 Å². The molecule has 0 atom stereocenters. The van der Waals surface area contributed by atoms with Crippen molar-refractivity contribution in [1.82, 2.24) is 19.7 Å². The van der Waals surface area contributed by atoms with Crippen molar-refractivity contribution < 1.29 is 4.74 Å². The van der Waals surface area contributed by atoms with Crippen LogP contribution in [0.15, 0.2) is 114 Å². The van der Waals surface area contributed by atoms with Gasteiger partial charge in [-0.3, -0.25) is 4.79 Å². The summed E-state index contributed by atoms with van der Waals surface area (Å²) in [5.41, 5.74) is 4.35. The summed E-state index contributed by atoms with van der Waals surface area (Å²) < 4.78 is 7.71. The van der Waals surface area contributed by atoms with Crippen LogP contribution in [0.3, 0.4) is 0 Å². The van der Waals surface area contributed by atoms with E-state index >= 15 is 0 Å². The standard InChI is InChI=1S/C33H22ClN5O2/c34-29-12-6-4-8-23(29)21-41-27-16-14-22(15-17-27)31-25(20-39(38-31)26-9-2-1-3-10-26)18-24(19-35)32-36-30-13-7-5-11-28(30)33(40)37-32/h1-18,20H,21H2,(H,36,37,40)/b24-18+. The SMILES string of the molecule is N#C/C(=C\c1cn(-c2ccccc2)nc1-c1ccc(OCc2ccccc2Cl)cc1)c1nc2ccccc2c(=O)[nH]1. The number of aromatic nitrogens is 4. The number of nitrogens with one attached hydrogen (secondary N) is 1. The summed E-state index contributed by atoms with van der Waals surface area (Å²) in [5, 5.41) is 16.0. The number of hydrogen-bond acceptors (Lipinski definition) is 5. The van der Waals surface area contributed by atoms with Crippen molar-refractivity contribution in [2.24, 2.45) is 0 Å². The lowest BCUT2D eigenvalue weighted by Crippen LogP contribution is -2.11. The van der Waals surface area contributed by atoms with E-state index < -0.39 is 0 Å². The Morgan fingerprint density at radius 1 is 0.951 bits per heavy atom. The summed E-state index contributed by atoms with van der Waals surface area (Å²) in [6.45, 7) is 0.345. The molecule has 6 aromatic rings. The van der Waals surface area contributed by atoms with E-state index in [1.54, 1.807) is 35.0 Å². The van der Waals surface area contributed by atoms with Crippen LogP contribution in [0.2, 0.25) is 5.02 Å². The lowest BCUT2D eigenvalue weighted by Gasteiger charge is -2.08. The largest absolute Gasteiger partial charge is 0.489 e. The lowest BCUT2D eigenvalue weighted by atomic mass is 10.1. The Bertz CT molecular complexity index is 1990. The number of halogens is 1. The Kier molecular flexibility index (Phi) is 7.14. The first-order valence-electron chi connectivity index (χ1n) is 12.8. The van der Waals surface area contributed by atoms with Gasteiger partial charge in [-0.2, -0.15) is 10.4 Å². The molecule has 1 N–H and O–H groups in total.